The molecule has 1 aromatic heterocycles. The zero-order chi connectivity index (χ0) is 19.3. The molecule has 0 saturated carbocycles. The molecule has 5 rings (SSSR count). The lowest BCUT2D eigenvalue weighted by Gasteiger charge is -2.22. The first-order valence-electron chi connectivity index (χ1n) is 9.69. The van der Waals surface area contributed by atoms with E-state index in [1.165, 1.54) is 22.3 Å². The number of nitrogens with zero attached hydrogens (tertiary/aromatic N) is 3. The highest BCUT2D eigenvalue weighted by Crippen LogP contribution is 2.35. The fraction of sp³-hybridized carbons (Fsp3) is 0.318. The highest BCUT2D eigenvalue weighted by atomic mass is 16.5. The Morgan fingerprint density at radius 3 is 2.86 bits per heavy atom. The van der Waals surface area contributed by atoms with Gasteiger partial charge < -0.3 is 9.84 Å². The Hall–Kier alpha value is -3.15. The number of anilines is 1. The van der Waals surface area contributed by atoms with Crippen LogP contribution in [0.5, 0.6) is 0 Å². The molecule has 1 aliphatic carbocycles. The first-order valence-corrected chi connectivity index (χ1v) is 9.69. The van der Waals surface area contributed by atoms with Crippen molar-refractivity contribution in [3.05, 3.63) is 64.5 Å². The number of nitrogens with one attached hydrogen (secondary N) is 1. The highest BCUT2D eigenvalue weighted by molar-refractivity contribution is 5.94. The first-order chi connectivity index (χ1) is 13.6. The van der Waals surface area contributed by atoms with Crippen LogP contribution >= 0.6 is 0 Å². The summed E-state index contributed by atoms with van der Waals surface area (Å²) < 4.78 is 5.27. The van der Waals surface area contributed by atoms with Gasteiger partial charge in [-0.1, -0.05) is 23.4 Å². The third kappa shape index (κ3) is 2.85. The van der Waals surface area contributed by atoms with Gasteiger partial charge in [0, 0.05) is 17.8 Å². The molecule has 142 valence electrons. The molecule has 2 aromatic carbocycles. The maximum absolute atomic E-state index is 13.0. The van der Waals surface area contributed by atoms with Gasteiger partial charge in [0.2, 0.25) is 0 Å². The molecule has 28 heavy (non-hydrogen) atoms. The summed E-state index contributed by atoms with van der Waals surface area (Å²) in [4.78, 5) is 19.1. The minimum absolute atomic E-state index is 0.0150. The number of carbonyl (C=O) groups excluding carboxylic acids is 1. The van der Waals surface area contributed by atoms with E-state index in [2.05, 4.69) is 52.7 Å². The Morgan fingerprint density at radius 1 is 1.14 bits per heavy atom. The second-order valence-corrected chi connectivity index (χ2v) is 7.63. The third-order valence-electron chi connectivity index (χ3n) is 5.67. The second-order valence-electron chi connectivity index (χ2n) is 7.63. The van der Waals surface area contributed by atoms with Crippen LogP contribution in [0.1, 0.15) is 40.5 Å². The maximum Gasteiger partial charge on any atom is 0.322 e. The van der Waals surface area contributed by atoms with Crippen LogP contribution < -0.4 is 10.2 Å². The normalized spacial score (nSPS) is 17.5. The van der Waals surface area contributed by atoms with E-state index in [1.54, 1.807) is 0 Å². The summed E-state index contributed by atoms with van der Waals surface area (Å²) in [5.74, 6) is 1.17. The number of aryl methyl sites for hydroxylation is 3. The van der Waals surface area contributed by atoms with Crippen molar-refractivity contribution in [3.8, 4) is 11.5 Å². The monoisotopic (exact) mass is 374 g/mol. The summed E-state index contributed by atoms with van der Waals surface area (Å²) in [5, 5.41) is 7.10. The molecule has 0 unspecified atom stereocenters. The number of rotatable bonds is 2. The Morgan fingerprint density at radius 2 is 2.04 bits per heavy atom. The lowest BCUT2D eigenvalue weighted by atomic mass is 10.0. The van der Waals surface area contributed by atoms with Crippen LogP contribution in [0.25, 0.3) is 11.5 Å². The zero-order valence-electron chi connectivity index (χ0n) is 16.0. The fourth-order valence-corrected chi connectivity index (χ4v) is 4.24. The van der Waals surface area contributed by atoms with Crippen LogP contribution in [0.4, 0.5) is 10.5 Å². The predicted octanol–water partition coefficient (Wildman–Crippen LogP) is 4.11. The molecule has 1 N–H and O–H groups in total. The van der Waals surface area contributed by atoms with E-state index in [0.29, 0.717) is 11.7 Å². The number of hydrogen-bond acceptors (Lipinski definition) is 4. The largest absolute Gasteiger partial charge is 0.334 e. The van der Waals surface area contributed by atoms with Gasteiger partial charge in [-0.2, -0.15) is 4.98 Å². The van der Waals surface area contributed by atoms with Crippen molar-refractivity contribution >= 4 is 11.7 Å². The maximum atomic E-state index is 13.0. The lowest BCUT2D eigenvalue weighted by molar-refractivity contribution is 0.243. The molecule has 3 aromatic rings. The first kappa shape index (κ1) is 17.0. The standard InChI is InChI=1S/C22H22N4O2/c1-13-3-4-15-9-10-26(20(15)11-13)22(27)24-19-8-6-16-12-17(5-7-18(16)19)21-23-14(2)25-28-21/h3-5,7,11-12,19H,6,8-10H2,1-2H3,(H,24,27)/t19-/m1/s1. The van der Waals surface area contributed by atoms with Crippen molar-refractivity contribution in [3.63, 3.8) is 0 Å². The van der Waals surface area contributed by atoms with Gasteiger partial charge in [0.1, 0.15) is 0 Å². The molecule has 2 aliphatic rings. The van der Waals surface area contributed by atoms with E-state index >= 15 is 0 Å². The lowest BCUT2D eigenvalue weighted by Crippen LogP contribution is -2.40. The van der Waals surface area contributed by atoms with E-state index < -0.39 is 0 Å². The SMILES string of the molecule is Cc1ccc2c(c1)N(C(=O)N[C@@H]1CCc3cc(-c4nc(C)no4)ccc31)CC2. The Balaban J connectivity index is 1.35. The number of amides is 2. The summed E-state index contributed by atoms with van der Waals surface area (Å²) in [6.45, 7) is 4.61. The van der Waals surface area contributed by atoms with Crippen molar-refractivity contribution in [1.29, 1.82) is 0 Å². The highest BCUT2D eigenvalue weighted by Gasteiger charge is 2.29. The molecule has 2 heterocycles. The van der Waals surface area contributed by atoms with Crippen LogP contribution in [-0.2, 0) is 12.8 Å². The van der Waals surface area contributed by atoms with Crippen molar-refractivity contribution in [1.82, 2.24) is 15.5 Å². The Labute approximate surface area is 163 Å². The van der Waals surface area contributed by atoms with E-state index in [4.69, 9.17) is 4.52 Å². The minimum atomic E-state index is -0.0150. The minimum Gasteiger partial charge on any atom is -0.334 e. The Bertz CT molecular complexity index is 1070. The average molecular weight is 374 g/mol. The second kappa shape index (κ2) is 6.48. The summed E-state index contributed by atoms with van der Waals surface area (Å²) in [6.07, 6.45) is 2.75. The van der Waals surface area contributed by atoms with Gasteiger partial charge in [0.05, 0.1) is 6.04 Å². The molecule has 2 amide bonds. The number of carbonyl (C=O) groups is 1. The van der Waals surface area contributed by atoms with Gasteiger partial charge in [-0.05, 0) is 73.6 Å². The fourth-order valence-electron chi connectivity index (χ4n) is 4.24. The molecule has 1 aliphatic heterocycles. The smallest absolute Gasteiger partial charge is 0.322 e. The molecule has 0 spiro atoms. The van der Waals surface area contributed by atoms with Crippen molar-refractivity contribution < 1.29 is 9.32 Å². The number of fused-ring (bicyclic) bond motifs is 2. The third-order valence-corrected chi connectivity index (χ3v) is 5.67. The molecular formula is C22H22N4O2. The number of aromatic nitrogens is 2. The van der Waals surface area contributed by atoms with Crippen LogP contribution in [-0.4, -0.2) is 22.7 Å². The van der Waals surface area contributed by atoms with Gasteiger partial charge in [-0.25, -0.2) is 4.79 Å². The van der Waals surface area contributed by atoms with Gasteiger partial charge in [-0.15, -0.1) is 0 Å². The topological polar surface area (TPSA) is 71.3 Å². The van der Waals surface area contributed by atoms with Crippen LogP contribution in [0.2, 0.25) is 0 Å². The van der Waals surface area contributed by atoms with Gasteiger partial charge in [0.15, 0.2) is 5.82 Å². The average Bonchev–Trinajstić information content (AvgIpc) is 3.39. The number of hydrogen-bond donors (Lipinski definition) is 1. The van der Waals surface area contributed by atoms with E-state index in [1.807, 2.05) is 17.9 Å². The van der Waals surface area contributed by atoms with Crippen LogP contribution in [0.15, 0.2) is 40.9 Å². The molecule has 1 atom stereocenters. The molecule has 0 saturated heterocycles. The predicted molar refractivity (Wildman–Crippen MR) is 106 cm³/mol. The molecule has 0 fully saturated rings. The summed E-state index contributed by atoms with van der Waals surface area (Å²) in [5.41, 5.74) is 6.79. The molecule has 0 bridgehead atoms. The van der Waals surface area contributed by atoms with Crippen LogP contribution in [0, 0.1) is 13.8 Å². The quantitative estimate of drug-likeness (QED) is 0.733. The number of benzene rings is 2. The van der Waals surface area contributed by atoms with Gasteiger partial charge >= 0.3 is 6.03 Å². The molecular weight excluding hydrogens is 352 g/mol. The van der Waals surface area contributed by atoms with Crippen molar-refractivity contribution in [2.45, 2.75) is 39.2 Å². The van der Waals surface area contributed by atoms with E-state index in [9.17, 15) is 4.79 Å². The van der Waals surface area contributed by atoms with Crippen LogP contribution in [0.3, 0.4) is 0 Å². The molecule has 6 nitrogen and oxygen atoms in total. The number of urea groups is 1. The summed E-state index contributed by atoms with van der Waals surface area (Å²) in [7, 11) is 0. The molecule has 0 radical (unpaired) electrons. The molecule has 6 heteroatoms. The van der Waals surface area contributed by atoms with Gasteiger partial charge in [-0.3, -0.25) is 4.90 Å². The summed E-state index contributed by atoms with van der Waals surface area (Å²) in [6, 6.07) is 12.5. The van der Waals surface area contributed by atoms with Crippen molar-refractivity contribution in [2.24, 2.45) is 0 Å². The van der Waals surface area contributed by atoms with Crippen molar-refractivity contribution in [2.75, 3.05) is 11.4 Å². The summed E-state index contributed by atoms with van der Waals surface area (Å²) >= 11 is 0. The van der Waals surface area contributed by atoms with Gasteiger partial charge in [0.25, 0.3) is 5.89 Å². The van der Waals surface area contributed by atoms with E-state index in [-0.39, 0.29) is 12.1 Å². The van der Waals surface area contributed by atoms with E-state index in [0.717, 1.165) is 37.1 Å². The zero-order valence-corrected chi connectivity index (χ0v) is 16.0. The Kier molecular flexibility index (Phi) is 3.93.